The Morgan fingerprint density at radius 3 is 2.69 bits per heavy atom. The van der Waals surface area contributed by atoms with Crippen LogP contribution in [0.1, 0.15) is 23.6 Å². The second kappa shape index (κ2) is 4.35. The minimum atomic E-state index is -0.278. The van der Waals surface area contributed by atoms with Crippen molar-refractivity contribution in [3.05, 3.63) is 35.1 Å². The second-order valence-electron chi connectivity index (χ2n) is 3.18. The maximum atomic E-state index is 12.9. The highest BCUT2D eigenvalue weighted by atomic mass is 19.1. The lowest BCUT2D eigenvalue weighted by atomic mass is 10.0. The predicted octanol–water partition coefficient (Wildman–Crippen LogP) is 1.52. The minimum absolute atomic E-state index is 0.0245. The Hall–Kier alpha value is -0.930. The molecule has 0 bridgehead atoms. The molecular formula is C10H14FNO. The molecule has 13 heavy (non-hydrogen) atoms. The van der Waals surface area contributed by atoms with Gasteiger partial charge in [0.1, 0.15) is 5.82 Å². The first-order chi connectivity index (χ1) is 6.13. The molecule has 1 unspecified atom stereocenters. The smallest absolute Gasteiger partial charge is 0.123 e. The van der Waals surface area contributed by atoms with Crippen molar-refractivity contribution in [2.24, 2.45) is 5.73 Å². The van der Waals surface area contributed by atoms with E-state index in [1.807, 2.05) is 13.0 Å². The summed E-state index contributed by atoms with van der Waals surface area (Å²) in [5, 5.41) is 8.66. The molecule has 0 saturated carbocycles. The zero-order valence-corrected chi connectivity index (χ0v) is 7.63. The Morgan fingerprint density at radius 2 is 2.15 bits per heavy atom. The Bertz CT molecular complexity index is 268. The third kappa shape index (κ3) is 2.79. The van der Waals surface area contributed by atoms with Crippen LogP contribution >= 0.6 is 0 Å². The van der Waals surface area contributed by atoms with Gasteiger partial charge in [-0.2, -0.15) is 0 Å². The highest BCUT2D eigenvalue weighted by Gasteiger charge is 2.06. The second-order valence-corrected chi connectivity index (χ2v) is 3.18. The zero-order chi connectivity index (χ0) is 9.84. The van der Waals surface area contributed by atoms with Crippen LogP contribution in [-0.2, 0) is 0 Å². The summed E-state index contributed by atoms with van der Waals surface area (Å²) >= 11 is 0. The first kappa shape index (κ1) is 10.2. The minimum Gasteiger partial charge on any atom is -0.396 e. The van der Waals surface area contributed by atoms with Crippen molar-refractivity contribution < 1.29 is 9.50 Å². The molecule has 0 heterocycles. The lowest BCUT2D eigenvalue weighted by Crippen LogP contribution is -2.12. The molecule has 1 rings (SSSR count). The van der Waals surface area contributed by atoms with Crippen LogP contribution in [0.15, 0.2) is 18.2 Å². The molecule has 0 amide bonds. The average molecular weight is 183 g/mol. The van der Waals surface area contributed by atoms with Crippen molar-refractivity contribution >= 4 is 0 Å². The van der Waals surface area contributed by atoms with E-state index in [-0.39, 0.29) is 18.5 Å². The van der Waals surface area contributed by atoms with Crippen molar-refractivity contribution in [3.63, 3.8) is 0 Å². The molecule has 2 nitrogen and oxygen atoms in total. The molecule has 1 aromatic rings. The molecule has 1 aromatic carbocycles. The van der Waals surface area contributed by atoms with Crippen LogP contribution in [0.25, 0.3) is 0 Å². The van der Waals surface area contributed by atoms with Gasteiger partial charge in [0.05, 0.1) is 0 Å². The van der Waals surface area contributed by atoms with E-state index in [0.29, 0.717) is 6.42 Å². The molecule has 3 heteroatoms. The summed E-state index contributed by atoms with van der Waals surface area (Å²) in [5.74, 6) is -0.275. The van der Waals surface area contributed by atoms with Gasteiger partial charge in [0.15, 0.2) is 0 Å². The van der Waals surface area contributed by atoms with Crippen molar-refractivity contribution in [1.82, 2.24) is 0 Å². The van der Waals surface area contributed by atoms with Crippen LogP contribution in [0.5, 0.6) is 0 Å². The topological polar surface area (TPSA) is 46.2 Å². The van der Waals surface area contributed by atoms with E-state index in [2.05, 4.69) is 0 Å². The maximum absolute atomic E-state index is 12.9. The van der Waals surface area contributed by atoms with Gasteiger partial charge in [-0.3, -0.25) is 0 Å². The number of aliphatic hydroxyl groups is 1. The first-order valence-corrected chi connectivity index (χ1v) is 4.27. The van der Waals surface area contributed by atoms with Gasteiger partial charge in [0.25, 0.3) is 0 Å². The van der Waals surface area contributed by atoms with E-state index in [9.17, 15) is 4.39 Å². The van der Waals surface area contributed by atoms with Gasteiger partial charge >= 0.3 is 0 Å². The van der Waals surface area contributed by atoms with E-state index >= 15 is 0 Å². The number of rotatable bonds is 3. The molecule has 0 aromatic heterocycles. The molecule has 1 atom stereocenters. The molecule has 0 radical (unpaired) electrons. The van der Waals surface area contributed by atoms with Gasteiger partial charge < -0.3 is 10.8 Å². The highest BCUT2D eigenvalue weighted by molar-refractivity contribution is 5.25. The molecule has 0 fully saturated rings. The van der Waals surface area contributed by atoms with E-state index in [4.69, 9.17) is 10.8 Å². The SMILES string of the molecule is Cc1cc(F)cc(C(N)CCO)c1. The van der Waals surface area contributed by atoms with Gasteiger partial charge in [0, 0.05) is 12.6 Å². The number of hydrogen-bond donors (Lipinski definition) is 2. The summed E-state index contributed by atoms with van der Waals surface area (Å²) in [7, 11) is 0. The van der Waals surface area contributed by atoms with Crippen molar-refractivity contribution in [3.8, 4) is 0 Å². The fraction of sp³-hybridized carbons (Fsp3) is 0.400. The Kier molecular flexibility index (Phi) is 3.39. The summed E-state index contributed by atoms with van der Waals surface area (Å²) in [4.78, 5) is 0. The lowest BCUT2D eigenvalue weighted by Gasteiger charge is -2.10. The van der Waals surface area contributed by atoms with E-state index < -0.39 is 0 Å². The monoisotopic (exact) mass is 183 g/mol. The van der Waals surface area contributed by atoms with Crippen LogP contribution in [0.3, 0.4) is 0 Å². The average Bonchev–Trinajstić information content (AvgIpc) is 2.03. The normalized spacial score (nSPS) is 12.9. The Labute approximate surface area is 77.2 Å². The van der Waals surface area contributed by atoms with Crippen LogP contribution in [0.2, 0.25) is 0 Å². The Balaban J connectivity index is 2.87. The van der Waals surface area contributed by atoms with Crippen LogP contribution in [0.4, 0.5) is 4.39 Å². The van der Waals surface area contributed by atoms with Crippen LogP contribution in [0, 0.1) is 12.7 Å². The zero-order valence-electron chi connectivity index (χ0n) is 7.63. The molecular weight excluding hydrogens is 169 g/mol. The van der Waals surface area contributed by atoms with Crippen LogP contribution in [-0.4, -0.2) is 11.7 Å². The summed E-state index contributed by atoms with van der Waals surface area (Å²) in [6.07, 6.45) is 0.461. The molecule has 3 N–H and O–H groups in total. The largest absolute Gasteiger partial charge is 0.396 e. The number of hydrogen-bond acceptors (Lipinski definition) is 2. The standard InChI is InChI=1S/C10H14FNO/c1-7-4-8(6-9(11)5-7)10(12)2-3-13/h4-6,10,13H,2-3,12H2,1H3. The van der Waals surface area contributed by atoms with Crippen molar-refractivity contribution in [1.29, 1.82) is 0 Å². The molecule has 0 saturated heterocycles. The van der Waals surface area contributed by atoms with Gasteiger partial charge in [-0.25, -0.2) is 4.39 Å². The van der Waals surface area contributed by atoms with Crippen molar-refractivity contribution in [2.45, 2.75) is 19.4 Å². The quantitative estimate of drug-likeness (QED) is 0.746. The fourth-order valence-corrected chi connectivity index (χ4v) is 1.28. The molecule has 0 aliphatic rings. The van der Waals surface area contributed by atoms with Gasteiger partial charge in [-0.1, -0.05) is 6.07 Å². The van der Waals surface area contributed by atoms with Gasteiger partial charge in [0.2, 0.25) is 0 Å². The molecule has 0 spiro atoms. The number of aliphatic hydroxyl groups excluding tert-OH is 1. The fourth-order valence-electron chi connectivity index (χ4n) is 1.28. The summed E-state index contributed by atoms with van der Waals surface area (Å²) < 4.78 is 12.9. The highest BCUT2D eigenvalue weighted by Crippen LogP contribution is 2.16. The van der Waals surface area contributed by atoms with Crippen LogP contribution < -0.4 is 5.73 Å². The first-order valence-electron chi connectivity index (χ1n) is 4.27. The lowest BCUT2D eigenvalue weighted by molar-refractivity contribution is 0.276. The number of nitrogens with two attached hydrogens (primary N) is 1. The number of halogens is 1. The third-order valence-corrected chi connectivity index (χ3v) is 1.93. The Morgan fingerprint density at radius 1 is 1.46 bits per heavy atom. The van der Waals surface area contributed by atoms with Gasteiger partial charge in [-0.15, -0.1) is 0 Å². The summed E-state index contributed by atoms with van der Waals surface area (Å²) in [6.45, 7) is 1.84. The molecule has 0 aliphatic carbocycles. The van der Waals surface area contributed by atoms with E-state index in [0.717, 1.165) is 11.1 Å². The summed E-state index contributed by atoms with van der Waals surface area (Å²) in [5.41, 5.74) is 7.31. The molecule has 0 aliphatic heterocycles. The van der Waals surface area contributed by atoms with E-state index in [1.54, 1.807) is 0 Å². The summed E-state index contributed by atoms with van der Waals surface area (Å²) in [6, 6.07) is 4.42. The predicted molar refractivity (Wildman–Crippen MR) is 49.8 cm³/mol. The van der Waals surface area contributed by atoms with Gasteiger partial charge in [-0.05, 0) is 36.6 Å². The maximum Gasteiger partial charge on any atom is 0.123 e. The number of benzene rings is 1. The van der Waals surface area contributed by atoms with Crippen molar-refractivity contribution in [2.75, 3.05) is 6.61 Å². The number of aryl methyl sites for hydroxylation is 1. The molecule has 72 valence electrons. The third-order valence-electron chi connectivity index (χ3n) is 1.93. The van der Waals surface area contributed by atoms with E-state index in [1.165, 1.54) is 12.1 Å².